The Morgan fingerprint density at radius 1 is 1.50 bits per heavy atom. The van der Waals surface area contributed by atoms with Crippen LogP contribution in [-0.2, 0) is 0 Å². The molecule has 0 aliphatic carbocycles. The minimum Gasteiger partial charge on any atom is -0.398 e. The van der Waals surface area contributed by atoms with Gasteiger partial charge in [0.15, 0.2) is 0 Å². The smallest absolute Gasteiger partial charge is 0.0933 e. The molecule has 1 aromatic carbocycles. The minimum atomic E-state index is 0.524. The number of hydrogen-bond acceptors (Lipinski definition) is 2. The molecule has 0 aliphatic rings. The van der Waals surface area contributed by atoms with E-state index in [4.69, 9.17) is 11.0 Å². The molecule has 0 fully saturated rings. The first kappa shape index (κ1) is 8.35. The third-order valence-corrected chi connectivity index (χ3v) is 1.68. The highest BCUT2D eigenvalue weighted by atomic mass is 14.6. The summed E-state index contributed by atoms with van der Waals surface area (Å²) in [6.45, 7) is 1.97. The number of nitrogens with two attached hydrogens (primary N) is 1. The van der Waals surface area contributed by atoms with Gasteiger partial charge in [-0.2, -0.15) is 5.26 Å². The molecule has 0 bridgehead atoms. The Labute approximate surface area is 71.9 Å². The summed E-state index contributed by atoms with van der Waals surface area (Å²) in [6.07, 6.45) is 1.35. The lowest BCUT2D eigenvalue weighted by Gasteiger charge is -2.02. The lowest BCUT2D eigenvalue weighted by Crippen LogP contribution is -1.97. The van der Waals surface area contributed by atoms with Crippen molar-refractivity contribution >= 4 is 5.70 Å². The van der Waals surface area contributed by atoms with Crippen LogP contribution in [-0.4, -0.2) is 0 Å². The number of nitriles is 1. The van der Waals surface area contributed by atoms with Gasteiger partial charge in [-0.25, -0.2) is 0 Å². The summed E-state index contributed by atoms with van der Waals surface area (Å²) in [7, 11) is 0. The van der Waals surface area contributed by atoms with Crippen molar-refractivity contribution in [2.45, 2.75) is 6.92 Å². The van der Waals surface area contributed by atoms with Crippen LogP contribution in [0.5, 0.6) is 0 Å². The van der Waals surface area contributed by atoms with Gasteiger partial charge in [0.25, 0.3) is 0 Å². The maximum atomic E-state index is 8.38. The molecular weight excluding hydrogens is 148 g/mol. The summed E-state index contributed by atoms with van der Waals surface area (Å²) in [6, 6.07) is 9.62. The number of hydrogen-bond donors (Lipinski definition) is 1. The average molecular weight is 158 g/mol. The Kier molecular flexibility index (Phi) is 2.49. The SMILES string of the molecule is Cc1ccccc1C(N)=CC#N. The van der Waals surface area contributed by atoms with E-state index in [1.165, 1.54) is 6.08 Å². The van der Waals surface area contributed by atoms with Crippen molar-refractivity contribution in [3.63, 3.8) is 0 Å². The molecule has 0 aliphatic heterocycles. The van der Waals surface area contributed by atoms with Crippen LogP contribution in [0.25, 0.3) is 5.70 Å². The third-order valence-electron chi connectivity index (χ3n) is 1.68. The van der Waals surface area contributed by atoms with Gasteiger partial charge < -0.3 is 5.73 Å². The molecule has 0 aromatic heterocycles. The van der Waals surface area contributed by atoms with Crippen LogP contribution >= 0.6 is 0 Å². The molecule has 0 saturated heterocycles. The van der Waals surface area contributed by atoms with E-state index in [2.05, 4.69) is 0 Å². The van der Waals surface area contributed by atoms with Crippen molar-refractivity contribution < 1.29 is 0 Å². The Morgan fingerprint density at radius 2 is 2.17 bits per heavy atom. The molecule has 0 atom stereocenters. The first-order chi connectivity index (χ1) is 5.75. The van der Waals surface area contributed by atoms with Gasteiger partial charge >= 0.3 is 0 Å². The molecule has 0 radical (unpaired) electrons. The van der Waals surface area contributed by atoms with Gasteiger partial charge in [0.05, 0.1) is 6.07 Å². The first-order valence-electron chi connectivity index (χ1n) is 3.67. The topological polar surface area (TPSA) is 49.8 Å². The predicted molar refractivity (Wildman–Crippen MR) is 49.0 cm³/mol. The second-order valence-corrected chi connectivity index (χ2v) is 2.54. The van der Waals surface area contributed by atoms with Crippen molar-refractivity contribution in [1.82, 2.24) is 0 Å². The van der Waals surface area contributed by atoms with Gasteiger partial charge in [0.2, 0.25) is 0 Å². The molecule has 12 heavy (non-hydrogen) atoms. The molecule has 0 heterocycles. The fourth-order valence-corrected chi connectivity index (χ4v) is 1.04. The van der Waals surface area contributed by atoms with Gasteiger partial charge in [-0.15, -0.1) is 0 Å². The maximum Gasteiger partial charge on any atom is 0.0933 e. The van der Waals surface area contributed by atoms with E-state index in [-0.39, 0.29) is 0 Å². The summed E-state index contributed by atoms with van der Waals surface area (Å²) in [4.78, 5) is 0. The highest BCUT2D eigenvalue weighted by Gasteiger charge is 1.97. The van der Waals surface area contributed by atoms with E-state index in [1.807, 2.05) is 37.3 Å². The van der Waals surface area contributed by atoms with Crippen molar-refractivity contribution in [2.24, 2.45) is 5.73 Å². The second-order valence-electron chi connectivity index (χ2n) is 2.54. The first-order valence-corrected chi connectivity index (χ1v) is 3.67. The van der Waals surface area contributed by atoms with Crippen LogP contribution in [0.4, 0.5) is 0 Å². The number of nitrogens with zero attached hydrogens (tertiary/aromatic N) is 1. The fourth-order valence-electron chi connectivity index (χ4n) is 1.04. The molecule has 0 saturated carbocycles. The molecule has 2 nitrogen and oxygen atoms in total. The summed E-state index contributed by atoms with van der Waals surface area (Å²) in [5, 5.41) is 8.38. The molecule has 0 spiro atoms. The van der Waals surface area contributed by atoms with Crippen molar-refractivity contribution in [2.75, 3.05) is 0 Å². The lowest BCUT2D eigenvalue weighted by molar-refractivity contribution is 1.39. The zero-order chi connectivity index (χ0) is 8.97. The van der Waals surface area contributed by atoms with E-state index >= 15 is 0 Å². The van der Waals surface area contributed by atoms with Crippen LogP contribution in [0.3, 0.4) is 0 Å². The minimum absolute atomic E-state index is 0.524. The Bertz CT molecular complexity index is 345. The van der Waals surface area contributed by atoms with Crippen molar-refractivity contribution in [3.05, 3.63) is 41.5 Å². The van der Waals surface area contributed by atoms with Crippen LogP contribution in [0.1, 0.15) is 11.1 Å². The summed E-state index contributed by atoms with van der Waals surface area (Å²) >= 11 is 0. The van der Waals surface area contributed by atoms with E-state index in [1.54, 1.807) is 0 Å². The maximum absolute atomic E-state index is 8.38. The normalized spacial score (nSPS) is 10.8. The number of rotatable bonds is 1. The number of aryl methyl sites for hydroxylation is 1. The molecule has 2 N–H and O–H groups in total. The average Bonchev–Trinajstić information content (AvgIpc) is 2.05. The fraction of sp³-hybridized carbons (Fsp3) is 0.100. The summed E-state index contributed by atoms with van der Waals surface area (Å²) in [5.41, 5.74) is 8.18. The van der Waals surface area contributed by atoms with Gasteiger partial charge in [-0.3, -0.25) is 0 Å². The monoisotopic (exact) mass is 158 g/mol. The largest absolute Gasteiger partial charge is 0.398 e. The Hall–Kier alpha value is -1.75. The zero-order valence-electron chi connectivity index (χ0n) is 6.91. The number of benzene rings is 1. The van der Waals surface area contributed by atoms with Crippen LogP contribution in [0.2, 0.25) is 0 Å². The molecule has 1 rings (SSSR count). The van der Waals surface area contributed by atoms with Crippen molar-refractivity contribution in [1.29, 1.82) is 5.26 Å². The molecule has 1 aromatic rings. The van der Waals surface area contributed by atoms with E-state index in [9.17, 15) is 0 Å². The quantitative estimate of drug-likeness (QED) is 0.634. The Morgan fingerprint density at radius 3 is 2.75 bits per heavy atom. The summed E-state index contributed by atoms with van der Waals surface area (Å²) < 4.78 is 0. The van der Waals surface area contributed by atoms with Gasteiger partial charge in [-0.1, -0.05) is 24.3 Å². The highest BCUT2D eigenvalue weighted by molar-refractivity contribution is 5.67. The summed E-state index contributed by atoms with van der Waals surface area (Å²) in [5.74, 6) is 0. The van der Waals surface area contributed by atoms with Crippen LogP contribution in [0.15, 0.2) is 30.3 Å². The highest BCUT2D eigenvalue weighted by Crippen LogP contribution is 2.12. The van der Waals surface area contributed by atoms with E-state index in [0.717, 1.165) is 11.1 Å². The second kappa shape index (κ2) is 3.59. The molecule has 0 unspecified atom stereocenters. The zero-order valence-corrected chi connectivity index (χ0v) is 6.91. The molecular formula is C10H10N2. The standard InChI is InChI=1S/C10H10N2/c1-8-4-2-3-5-9(8)10(12)6-7-11/h2-6H,12H2,1H3. The van der Waals surface area contributed by atoms with Crippen molar-refractivity contribution in [3.8, 4) is 6.07 Å². The van der Waals surface area contributed by atoms with E-state index < -0.39 is 0 Å². The molecule has 60 valence electrons. The van der Waals surface area contributed by atoms with E-state index in [0.29, 0.717) is 5.70 Å². The number of allylic oxidation sites excluding steroid dienone is 1. The predicted octanol–water partition coefficient (Wildman–Crippen LogP) is 1.82. The third kappa shape index (κ3) is 1.64. The van der Waals surface area contributed by atoms with Crippen LogP contribution < -0.4 is 5.73 Å². The van der Waals surface area contributed by atoms with Gasteiger partial charge in [-0.05, 0) is 12.5 Å². The van der Waals surface area contributed by atoms with Gasteiger partial charge in [0.1, 0.15) is 0 Å². The van der Waals surface area contributed by atoms with Crippen LogP contribution in [0, 0.1) is 18.3 Å². The lowest BCUT2D eigenvalue weighted by atomic mass is 10.1. The molecule has 0 amide bonds. The molecule has 2 heteroatoms. The Balaban J connectivity index is 3.13. The van der Waals surface area contributed by atoms with Gasteiger partial charge in [0, 0.05) is 17.3 Å².